The van der Waals surface area contributed by atoms with Gasteiger partial charge in [0, 0.05) is 32.9 Å². The molecule has 1 rings (SSSR count). The summed E-state index contributed by atoms with van der Waals surface area (Å²) in [6, 6.07) is 6.22. The first kappa shape index (κ1) is 15.8. The van der Waals surface area contributed by atoms with Gasteiger partial charge in [0.1, 0.15) is 12.4 Å². The molecule has 1 aromatic carbocycles. The molecule has 0 heterocycles. The maximum absolute atomic E-state index is 5.61. The second-order valence-corrected chi connectivity index (χ2v) is 5.01. The van der Waals surface area contributed by atoms with Gasteiger partial charge in [0.25, 0.3) is 0 Å². The summed E-state index contributed by atoms with van der Waals surface area (Å²) in [6.07, 6.45) is 0. The number of likely N-dealkylation sites (N-methyl/N-ethyl adjacent to an activating group) is 2. The molecule has 0 saturated carbocycles. The van der Waals surface area contributed by atoms with Crippen LogP contribution in [0.15, 0.2) is 18.2 Å². The molecule has 0 saturated heterocycles. The molecule has 19 heavy (non-hydrogen) atoms. The quantitative estimate of drug-likeness (QED) is 0.672. The molecule has 0 aromatic heterocycles. The molecule has 0 spiro atoms. The molecule has 0 unspecified atom stereocenters. The maximum Gasteiger partial charge on any atom is 0.119 e. The first-order valence-electron chi connectivity index (χ1n) is 6.63. The van der Waals surface area contributed by atoms with Gasteiger partial charge >= 0.3 is 0 Å². The molecule has 0 fully saturated rings. The van der Waals surface area contributed by atoms with Crippen LogP contribution in [0.5, 0.6) is 5.75 Å². The highest BCUT2D eigenvalue weighted by molar-refractivity contribution is 5.55. The summed E-state index contributed by atoms with van der Waals surface area (Å²) < 4.78 is 10.6. The van der Waals surface area contributed by atoms with Gasteiger partial charge in [0.15, 0.2) is 0 Å². The lowest BCUT2D eigenvalue weighted by Gasteiger charge is -2.23. The van der Waals surface area contributed by atoms with Crippen molar-refractivity contribution in [2.75, 3.05) is 59.5 Å². The number of rotatable bonds is 8. The van der Waals surface area contributed by atoms with Gasteiger partial charge in [-0.15, -0.1) is 0 Å². The van der Waals surface area contributed by atoms with Gasteiger partial charge in [0.05, 0.1) is 6.61 Å². The summed E-state index contributed by atoms with van der Waals surface area (Å²) in [5, 5.41) is 0. The van der Waals surface area contributed by atoms with E-state index in [9.17, 15) is 0 Å². The number of benzene rings is 1. The van der Waals surface area contributed by atoms with E-state index in [1.54, 1.807) is 7.11 Å². The summed E-state index contributed by atoms with van der Waals surface area (Å²) in [7, 11) is 7.98. The fraction of sp³-hybridized carbons (Fsp3) is 0.600. The summed E-state index contributed by atoms with van der Waals surface area (Å²) >= 11 is 0. The van der Waals surface area contributed by atoms with Crippen LogP contribution >= 0.6 is 0 Å². The largest absolute Gasteiger partial charge is 0.491 e. The Balaban J connectivity index is 2.60. The van der Waals surface area contributed by atoms with Crippen LogP contribution in [0.1, 0.15) is 5.56 Å². The normalized spacial score (nSPS) is 10.8. The van der Waals surface area contributed by atoms with E-state index < -0.39 is 0 Å². The van der Waals surface area contributed by atoms with Crippen molar-refractivity contribution in [2.24, 2.45) is 0 Å². The van der Waals surface area contributed by atoms with Gasteiger partial charge in [-0.05, 0) is 44.8 Å². The first-order valence-corrected chi connectivity index (χ1v) is 6.63. The zero-order chi connectivity index (χ0) is 14.3. The van der Waals surface area contributed by atoms with Crippen molar-refractivity contribution < 1.29 is 9.47 Å². The molecule has 0 bridgehead atoms. The smallest absolute Gasteiger partial charge is 0.119 e. The fourth-order valence-corrected chi connectivity index (χ4v) is 1.86. The van der Waals surface area contributed by atoms with Crippen LogP contribution in [0.25, 0.3) is 0 Å². The summed E-state index contributed by atoms with van der Waals surface area (Å²) in [4.78, 5) is 4.46. The third-order valence-corrected chi connectivity index (χ3v) is 3.02. The summed E-state index contributed by atoms with van der Waals surface area (Å²) in [6.45, 7) is 5.37. The zero-order valence-corrected chi connectivity index (χ0v) is 12.8. The lowest BCUT2D eigenvalue weighted by atomic mass is 10.1. The molecule has 0 aliphatic heterocycles. The molecule has 0 radical (unpaired) electrons. The highest BCUT2D eigenvalue weighted by Gasteiger charge is 2.06. The van der Waals surface area contributed by atoms with Crippen molar-refractivity contribution in [3.05, 3.63) is 23.8 Å². The van der Waals surface area contributed by atoms with Crippen molar-refractivity contribution in [2.45, 2.75) is 6.92 Å². The Labute approximate surface area is 116 Å². The number of ether oxygens (including phenoxy) is 2. The van der Waals surface area contributed by atoms with E-state index in [0.717, 1.165) is 18.8 Å². The van der Waals surface area contributed by atoms with Crippen LogP contribution in [0.3, 0.4) is 0 Å². The molecule has 4 heteroatoms. The average Bonchev–Trinajstić information content (AvgIpc) is 2.36. The number of methoxy groups -OCH3 is 1. The van der Waals surface area contributed by atoms with Crippen molar-refractivity contribution in [1.29, 1.82) is 0 Å². The van der Waals surface area contributed by atoms with E-state index in [-0.39, 0.29) is 0 Å². The van der Waals surface area contributed by atoms with E-state index in [1.165, 1.54) is 11.3 Å². The Morgan fingerprint density at radius 3 is 2.37 bits per heavy atom. The highest BCUT2D eigenvalue weighted by atomic mass is 16.5. The van der Waals surface area contributed by atoms with Gasteiger partial charge in [0.2, 0.25) is 0 Å². The lowest BCUT2D eigenvalue weighted by molar-refractivity contribution is 0.146. The summed E-state index contributed by atoms with van der Waals surface area (Å²) in [5.74, 6) is 0.902. The van der Waals surface area contributed by atoms with Gasteiger partial charge in [-0.1, -0.05) is 0 Å². The SMILES string of the molecule is COCCOc1ccc(N(C)CCN(C)C)c(C)c1. The minimum absolute atomic E-state index is 0.589. The Morgan fingerprint density at radius 1 is 1.05 bits per heavy atom. The van der Waals surface area contributed by atoms with Crippen molar-refractivity contribution in [1.82, 2.24) is 4.90 Å². The molecule has 108 valence electrons. The molecule has 0 N–H and O–H groups in total. The number of anilines is 1. The lowest BCUT2D eigenvalue weighted by Crippen LogP contribution is -2.28. The van der Waals surface area contributed by atoms with Gasteiger partial charge in [-0.3, -0.25) is 0 Å². The minimum atomic E-state index is 0.589. The second-order valence-electron chi connectivity index (χ2n) is 5.01. The van der Waals surface area contributed by atoms with E-state index >= 15 is 0 Å². The van der Waals surface area contributed by atoms with Crippen molar-refractivity contribution in [3.8, 4) is 5.75 Å². The van der Waals surface area contributed by atoms with Gasteiger partial charge in [-0.25, -0.2) is 0 Å². The standard InChI is InChI=1S/C15H26N2O2/c1-13-12-14(19-11-10-18-5)6-7-15(13)17(4)9-8-16(2)3/h6-7,12H,8-11H2,1-5H3. The summed E-state index contributed by atoms with van der Waals surface area (Å²) in [5.41, 5.74) is 2.48. The van der Waals surface area contributed by atoms with Crippen LogP contribution in [-0.4, -0.2) is 59.5 Å². The van der Waals surface area contributed by atoms with Gasteiger partial charge < -0.3 is 19.3 Å². The second kappa shape index (κ2) is 8.02. The van der Waals surface area contributed by atoms with Crippen LogP contribution < -0.4 is 9.64 Å². The molecule has 0 atom stereocenters. The van der Waals surface area contributed by atoms with Crippen LogP contribution in [0, 0.1) is 6.92 Å². The zero-order valence-electron chi connectivity index (χ0n) is 12.8. The topological polar surface area (TPSA) is 24.9 Å². The van der Waals surface area contributed by atoms with Crippen molar-refractivity contribution in [3.63, 3.8) is 0 Å². The molecule has 4 nitrogen and oxygen atoms in total. The number of hydrogen-bond acceptors (Lipinski definition) is 4. The number of nitrogens with zero attached hydrogens (tertiary/aromatic N) is 2. The van der Waals surface area contributed by atoms with Gasteiger partial charge in [-0.2, -0.15) is 0 Å². The predicted molar refractivity (Wildman–Crippen MR) is 80.4 cm³/mol. The third-order valence-electron chi connectivity index (χ3n) is 3.02. The van der Waals surface area contributed by atoms with E-state index in [1.807, 2.05) is 6.07 Å². The van der Waals surface area contributed by atoms with Crippen LogP contribution in [0.4, 0.5) is 5.69 Å². The van der Waals surface area contributed by atoms with E-state index in [4.69, 9.17) is 9.47 Å². The monoisotopic (exact) mass is 266 g/mol. The van der Waals surface area contributed by atoms with Crippen molar-refractivity contribution >= 4 is 5.69 Å². The number of hydrogen-bond donors (Lipinski definition) is 0. The molecular weight excluding hydrogens is 240 g/mol. The Hall–Kier alpha value is -1.26. The Bertz CT molecular complexity index is 380. The van der Waals surface area contributed by atoms with Crippen LogP contribution in [0.2, 0.25) is 0 Å². The predicted octanol–water partition coefficient (Wildman–Crippen LogP) is 2.02. The third kappa shape index (κ3) is 5.49. The maximum atomic E-state index is 5.61. The number of aryl methyl sites for hydroxylation is 1. The molecule has 0 aliphatic rings. The molecular formula is C15H26N2O2. The van der Waals surface area contributed by atoms with E-state index in [2.05, 4.69) is 50.0 Å². The average molecular weight is 266 g/mol. The fourth-order valence-electron chi connectivity index (χ4n) is 1.86. The molecule has 0 amide bonds. The molecule has 1 aromatic rings. The minimum Gasteiger partial charge on any atom is -0.491 e. The Kier molecular flexibility index (Phi) is 6.67. The first-order chi connectivity index (χ1) is 9.04. The van der Waals surface area contributed by atoms with Crippen LogP contribution in [-0.2, 0) is 4.74 Å². The van der Waals surface area contributed by atoms with E-state index in [0.29, 0.717) is 13.2 Å². The Morgan fingerprint density at radius 2 is 1.79 bits per heavy atom. The molecule has 0 aliphatic carbocycles. The highest BCUT2D eigenvalue weighted by Crippen LogP contribution is 2.23.